The van der Waals surface area contributed by atoms with Crippen LogP contribution in [0.25, 0.3) is 34.2 Å². The van der Waals surface area contributed by atoms with Gasteiger partial charge in [-0.2, -0.15) is 0 Å². The standard InChI is InChI=1S/C30H24N2O/c1-19-30(22-9-3-2-8-21(22)18-31-19)32-27-12-6-4-10-23(27)25-16-20-14-15-33-29(20)17-26(25)24-11-5-7-13-28(24)32/h2-13,16-19,31H,14-15H2,1H3. The Hall–Kier alpha value is -3.98. The molecule has 3 heteroatoms. The van der Waals surface area contributed by atoms with E-state index in [1.807, 2.05) is 0 Å². The van der Waals surface area contributed by atoms with Gasteiger partial charge in [-0.15, -0.1) is 0 Å². The molecule has 0 radical (unpaired) electrons. The SMILES string of the molecule is CC1NC=c2ccccc2=C1N1c2ccccc2-c2cc3c(cc2-c2ccccc21)OCC3. The maximum atomic E-state index is 5.98. The van der Waals surface area contributed by atoms with Crippen LogP contribution in [-0.2, 0) is 6.42 Å². The molecular weight excluding hydrogens is 404 g/mol. The summed E-state index contributed by atoms with van der Waals surface area (Å²) in [6.07, 6.45) is 3.10. The molecule has 0 aromatic heterocycles. The Balaban J connectivity index is 1.63. The lowest BCUT2D eigenvalue weighted by atomic mass is 9.92. The summed E-state index contributed by atoms with van der Waals surface area (Å²) in [6.45, 7) is 3.01. The number of hydrogen-bond donors (Lipinski definition) is 1. The quantitative estimate of drug-likeness (QED) is 0.465. The average molecular weight is 429 g/mol. The summed E-state index contributed by atoms with van der Waals surface area (Å²) >= 11 is 0. The molecule has 3 heterocycles. The van der Waals surface area contributed by atoms with E-state index in [2.05, 4.69) is 108 Å². The highest BCUT2D eigenvalue weighted by atomic mass is 16.5. The Morgan fingerprint density at radius 1 is 0.788 bits per heavy atom. The summed E-state index contributed by atoms with van der Waals surface area (Å²) in [4.78, 5) is 2.47. The van der Waals surface area contributed by atoms with Gasteiger partial charge >= 0.3 is 0 Å². The van der Waals surface area contributed by atoms with Crippen LogP contribution < -0.4 is 25.4 Å². The monoisotopic (exact) mass is 428 g/mol. The van der Waals surface area contributed by atoms with Gasteiger partial charge in [0.2, 0.25) is 0 Å². The molecule has 0 aliphatic carbocycles. The fourth-order valence-corrected chi connectivity index (χ4v) is 5.55. The first-order valence-electron chi connectivity index (χ1n) is 11.6. The van der Waals surface area contributed by atoms with Gasteiger partial charge in [-0.1, -0.05) is 60.7 Å². The van der Waals surface area contributed by atoms with Gasteiger partial charge in [0.1, 0.15) is 5.75 Å². The van der Waals surface area contributed by atoms with E-state index in [1.165, 1.54) is 55.3 Å². The molecule has 1 atom stereocenters. The number of nitrogens with one attached hydrogen (secondary N) is 1. The van der Waals surface area contributed by atoms with Crippen molar-refractivity contribution in [1.29, 1.82) is 0 Å². The molecule has 1 unspecified atom stereocenters. The van der Waals surface area contributed by atoms with Crippen LogP contribution in [0.2, 0.25) is 0 Å². The third-order valence-electron chi connectivity index (χ3n) is 7.08. The number of para-hydroxylation sites is 2. The fraction of sp³-hybridized carbons (Fsp3) is 0.133. The molecule has 0 spiro atoms. The van der Waals surface area contributed by atoms with E-state index in [9.17, 15) is 0 Å². The molecule has 1 N–H and O–H groups in total. The number of rotatable bonds is 1. The molecular formula is C30H24N2O. The Kier molecular flexibility index (Phi) is 3.95. The van der Waals surface area contributed by atoms with Crippen LogP contribution in [0.5, 0.6) is 5.75 Å². The Morgan fingerprint density at radius 3 is 2.24 bits per heavy atom. The lowest BCUT2D eigenvalue weighted by Crippen LogP contribution is -2.46. The number of hydrogen-bond acceptors (Lipinski definition) is 3. The molecule has 160 valence electrons. The van der Waals surface area contributed by atoms with Crippen molar-refractivity contribution < 1.29 is 4.74 Å². The molecule has 0 bridgehead atoms. The highest BCUT2D eigenvalue weighted by Gasteiger charge is 2.31. The van der Waals surface area contributed by atoms with Crippen molar-refractivity contribution in [1.82, 2.24) is 5.32 Å². The van der Waals surface area contributed by atoms with Crippen molar-refractivity contribution in [2.75, 3.05) is 11.5 Å². The van der Waals surface area contributed by atoms with Gasteiger partial charge in [0.25, 0.3) is 0 Å². The summed E-state index contributed by atoms with van der Waals surface area (Å²) in [5, 5.41) is 6.09. The Labute approximate surface area is 193 Å². The Morgan fingerprint density at radius 2 is 1.45 bits per heavy atom. The summed E-state index contributed by atoms with van der Waals surface area (Å²) < 4.78 is 5.98. The van der Waals surface area contributed by atoms with Crippen LogP contribution in [0.1, 0.15) is 12.5 Å². The average Bonchev–Trinajstić information content (AvgIpc) is 3.29. The number of nitrogens with zero attached hydrogens (tertiary/aromatic N) is 1. The van der Waals surface area contributed by atoms with E-state index in [0.717, 1.165) is 18.8 Å². The number of anilines is 2. The van der Waals surface area contributed by atoms with Crippen LogP contribution in [-0.4, -0.2) is 12.6 Å². The van der Waals surface area contributed by atoms with Crippen molar-refractivity contribution >= 4 is 23.3 Å². The van der Waals surface area contributed by atoms with Gasteiger partial charge in [-0.05, 0) is 53.1 Å². The third-order valence-corrected chi connectivity index (χ3v) is 7.08. The molecule has 0 amide bonds. The first-order chi connectivity index (χ1) is 16.3. The van der Waals surface area contributed by atoms with Gasteiger partial charge in [-0.3, -0.25) is 0 Å². The number of benzene rings is 4. The van der Waals surface area contributed by atoms with Crippen LogP contribution in [0.4, 0.5) is 11.4 Å². The third kappa shape index (κ3) is 2.69. The zero-order valence-electron chi connectivity index (χ0n) is 18.5. The maximum absolute atomic E-state index is 5.98. The maximum Gasteiger partial charge on any atom is 0.123 e. The predicted molar refractivity (Wildman–Crippen MR) is 135 cm³/mol. The second-order valence-electron chi connectivity index (χ2n) is 8.98. The van der Waals surface area contributed by atoms with Crippen molar-refractivity contribution in [3.8, 4) is 28.0 Å². The van der Waals surface area contributed by atoms with Crippen LogP contribution in [0, 0.1) is 0 Å². The lowest BCUT2D eigenvalue weighted by molar-refractivity contribution is 0.357. The van der Waals surface area contributed by atoms with E-state index >= 15 is 0 Å². The molecule has 0 saturated carbocycles. The molecule has 3 aliphatic heterocycles. The van der Waals surface area contributed by atoms with Crippen LogP contribution >= 0.6 is 0 Å². The van der Waals surface area contributed by atoms with Gasteiger partial charge in [0, 0.05) is 29.0 Å². The highest BCUT2D eigenvalue weighted by molar-refractivity contribution is 6.04. The van der Waals surface area contributed by atoms with Gasteiger partial charge in [0.15, 0.2) is 0 Å². The summed E-state index contributed by atoms with van der Waals surface area (Å²) in [5.41, 5.74) is 9.97. The number of fused-ring (bicyclic) bond motifs is 7. The fourth-order valence-electron chi connectivity index (χ4n) is 5.55. The van der Waals surface area contributed by atoms with Crippen molar-refractivity contribution in [3.05, 3.63) is 101 Å². The summed E-state index contributed by atoms with van der Waals surface area (Å²) in [5.74, 6) is 1.02. The second kappa shape index (κ2) is 7.01. The van der Waals surface area contributed by atoms with E-state index in [0.29, 0.717) is 0 Å². The van der Waals surface area contributed by atoms with Crippen molar-refractivity contribution in [2.24, 2.45) is 0 Å². The van der Waals surface area contributed by atoms with E-state index in [-0.39, 0.29) is 6.04 Å². The first kappa shape index (κ1) is 18.6. The van der Waals surface area contributed by atoms with Gasteiger partial charge in [0.05, 0.1) is 29.7 Å². The predicted octanol–water partition coefficient (Wildman–Crippen LogP) is 4.95. The first-order valence-corrected chi connectivity index (χ1v) is 11.6. The molecule has 4 aromatic rings. The zero-order valence-corrected chi connectivity index (χ0v) is 18.5. The van der Waals surface area contributed by atoms with Crippen LogP contribution in [0.15, 0.2) is 84.9 Å². The molecule has 3 aliphatic rings. The van der Waals surface area contributed by atoms with E-state index < -0.39 is 0 Å². The minimum absolute atomic E-state index is 0.163. The summed E-state index contributed by atoms with van der Waals surface area (Å²) in [6, 6.07) is 31.0. The summed E-state index contributed by atoms with van der Waals surface area (Å²) in [7, 11) is 0. The van der Waals surface area contributed by atoms with E-state index in [1.54, 1.807) is 0 Å². The van der Waals surface area contributed by atoms with Crippen LogP contribution in [0.3, 0.4) is 0 Å². The normalized spacial score (nSPS) is 17.3. The Bertz CT molecular complexity index is 1480. The largest absolute Gasteiger partial charge is 0.493 e. The molecule has 33 heavy (non-hydrogen) atoms. The minimum Gasteiger partial charge on any atom is -0.493 e. The van der Waals surface area contributed by atoms with Gasteiger partial charge in [-0.25, -0.2) is 0 Å². The zero-order chi connectivity index (χ0) is 21.9. The molecule has 4 aromatic carbocycles. The van der Waals surface area contributed by atoms with Crippen molar-refractivity contribution in [2.45, 2.75) is 19.4 Å². The molecule has 0 saturated heterocycles. The lowest BCUT2D eigenvalue weighted by Gasteiger charge is -2.34. The second-order valence-corrected chi connectivity index (χ2v) is 8.98. The smallest absolute Gasteiger partial charge is 0.123 e. The highest BCUT2D eigenvalue weighted by Crippen LogP contribution is 2.51. The minimum atomic E-state index is 0.163. The molecule has 0 fully saturated rings. The van der Waals surface area contributed by atoms with E-state index in [4.69, 9.17) is 4.74 Å². The van der Waals surface area contributed by atoms with Crippen molar-refractivity contribution in [3.63, 3.8) is 0 Å². The number of ether oxygens (including phenoxy) is 1. The topological polar surface area (TPSA) is 24.5 Å². The molecule has 7 rings (SSSR count). The molecule has 3 nitrogen and oxygen atoms in total. The van der Waals surface area contributed by atoms with Gasteiger partial charge < -0.3 is 15.0 Å².